The van der Waals surface area contributed by atoms with E-state index in [0.29, 0.717) is 18.4 Å². The second-order valence-electron chi connectivity index (χ2n) is 3.95. The van der Waals surface area contributed by atoms with Gasteiger partial charge >= 0.3 is 0 Å². The molecule has 0 bridgehead atoms. The molecule has 21 heavy (non-hydrogen) atoms. The molecule has 0 spiro atoms. The third-order valence-corrected chi connectivity index (χ3v) is 2.52. The lowest BCUT2D eigenvalue weighted by molar-refractivity contribution is 0.794. The van der Waals surface area contributed by atoms with Gasteiger partial charge in [0.25, 0.3) is 5.95 Å². The SMILES string of the molecule is NNc1nc(NCc2cccnn2)nc(-n2cccn2)n1. The van der Waals surface area contributed by atoms with E-state index in [0.717, 1.165) is 5.69 Å². The van der Waals surface area contributed by atoms with Gasteiger partial charge < -0.3 is 5.32 Å². The third-order valence-electron chi connectivity index (χ3n) is 2.52. The smallest absolute Gasteiger partial charge is 0.257 e. The normalized spacial score (nSPS) is 10.3. The summed E-state index contributed by atoms with van der Waals surface area (Å²) in [5, 5.41) is 14.9. The van der Waals surface area contributed by atoms with Crippen molar-refractivity contribution in [1.29, 1.82) is 0 Å². The molecular formula is C11H12N10. The molecule has 0 aliphatic carbocycles. The number of hydrazine groups is 1. The molecule has 0 aromatic carbocycles. The maximum absolute atomic E-state index is 5.37. The zero-order valence-electron chi connectivity index (χ0n) is 10.9. The van der Waals surface area contributed by atoms with E-state index in [2.05, 4.69) is 41.0 Å². The third kappa shape index (κ3) is 3.06. The van der Waals surface area contributed by atoms with Gasteiger partial charge in [-0.05, 0) is 18.2 Å². The summed E-state index contributed by atoms with van der Waals surface area (Å²) >= 11 is 0. The van der Waals surface area contributed by atoms with Crippen LogP contribution in [0.3, 0.4) is 0 Å². The lowest BCUT2D eigenvalue weighted by Crippen LogP contribution is -2.16. The van der Waals surface area contributed by atoms with E-state index in [9.17, 15) is 0 Å². The Labute approximate surface area is 119 Å². The van der Waals surface area contributed by atoms with E-state index < -0.39 is 0 Å². The molecule has 0 amide bonds. The van der Waals surface area contributed by atoms with Crippen LogP contribution in [0.5, 0.6) is 0 Å². The first kappa shape index (κ1) is 12.9. The Morgan fingerprint density at radius 1 is 1.10 bits per heavy atom. The van der Waals surface area contributed by atoms with Crippen LogP contribution in [-0.4, -0.2) is 34.9 Å². The van der Waals surface area contributed by atoms with Crippen molar-refractivity contribution in [2.75, 3.05) is 10.7 Å². The van der Waals surface area contributed by atoms with Crippen molar-refractivity contribution in [3.8, 4) is 5.95 Å². The second-order valence-corrected chi connectivity index (χ2v) is 3.95. The summed E-state index contributed by atoms with van der Waals surface area (Å²) in [6, 6.07) is 5.42. The molecule has 0 saturated carbocycles. The topological polar surface area (TPSA) is 132 Å². The fourth-order valence-electron chi connectivity index (χ4n) is 1.60. The molecule has 10 nitrogen and oxygen atoms in total. The van der Waals surface area contributed by atoms with Gasteiger partial charge in [0.2, 0.25) is 11.9 Å². The Morgan fingerprint density at radius 3 is 2.71 bits per heavy atom. The number of aromatic nitrogens is 7. The molecule has 0 aliphatic rings. The molecule has 0 fully saturated rings. The van der Waals surface area contributed by atoms with Crippen molar-refractivity contribution in [1.82, 2.24) is 34.9 Å². The molecule has 106 valence electrons. The zero-order chi connectivity index (χ0) is 14.5. The monoisotopic (exact) mass is 284 g/mol. The van der Waals surface area contributed by atoms with Gasteiger partial charge in [-0.2, -0.15) is 30.2 Å². The number of nitrogen functional groups attached to an aromatic ring is 1. The van der Waals surface area contributed by atoms with E-state index in [-0.39, 0.29) is 5.95 Å². The first-order valence-electron chi connectivity index (χ1n) is 6.08. The van der Waals surface area contributed by atoms with Crippen molar-refractivity contribution in [2.45, 2.75) is 6.54 Å². The zero-order valence-corrected chi connectivity index (χ0v) is 10.9. The van der Waals surface area contributed by atoms with Crippen LogP contribution in [0.25, 0.3) is 5.95 Å². The van der Waals surface area contributed by atoms with Crippen LogP contribution >= 0.6 is 0 Å². The molecule has 3 aromatic rings. The van der Waals surface area contributed by atoms with E-state index in [1.807, 2.05) is 6.07 Å². The maximum Gasteiger partial charge on any atom is 0.257 e. The molecule has 0 atom stereocenters. The van der Waals surface area contributed by atoms with Gasteiger partial charge in [-0.1, -0.05) is 0 Å². The summed E-state index contributed by atoms with van der Waals surface area (Å²) in [5.74, 6) is 6.31. The predicted molar refractivity (Wildman–Crippen MR) is 74.1 cm³/mol. The van der Waals surface area contributed by atoms with Crippen molar-refractivity contribution >= 4 is 11.9 Å². The highest BCUT2D eigenvalue weighted by atomic mass is 15.4. The van der Waals surface area contributed by atoms with Crippen molar-refractivity contribution in [2.24, 2.45) is 5.84 Å². The molecule has 0 unspecified atom stereocenters. The highest BCUT2D eigenvalue weighted by Crippen LogP contribution is 2.08. The first-order chi connectivity index (χ1) is 10.3. The Hall–Kier alpha value is -3.14. The molecular weight excluding hydrogens is 272 g/mol. The standard InChI is InChI=1S/C11H12N10/c12-19-10-16-9(13-7-8-3-1-4-14-20-8)17-11(18-10)21-6-2-5-15-21/h1-6H,7,12H2,(H2,13,16,17,18,19). The number of hydrogen-bond acceptors (Lipinski definition) is 9. The van der Waals surface area contributed by atoms with E-state index in [1.165, 1.54) is 4.68 Å². The summed E-state index contributed by atoms with van der Waals surface area (Å²) in [6.45, 7) is 0.431. The fourth-order valence-corrected chi connectivity index (χ4v) is 1.60. The summed E-state index contributed by atoms with van der Waals surface area (Å²) in [4.78, 5) is 12.5. The molecule has 0 radical (unpaired) electrons. The van der Waals surface area contributed by atoms with Crippen LogP contribution in [0.1, 0.15) is 5.69 Å². The van der Waals surface area contributed by atoms with Crippen LogP contribution in [0, 0.1) is 0 Å². The van der Waals surface area contributed by atoms with Crippen molar-refractivity contribution < 1.29 is 0 Å². The number of nitrogens with one attached hydrogen (secondary N) is 2. The van der Waals surface area contributed by atoms with E-state index >= 15 is 0 Å². The fraction of sp³-hybridized carbons (Fsp3) is 0.0909. The van der Waals surface area contributed by atoms with Gasteiger partial charge in [-0.25, -0.2) is 10.5 Å². The van der Waals surface area contributed by atoms with Crippen LogP contribution in [0.4, 0.5) is 11.9 Å². The lowest BCUT2D eigenvalue weighted by Gasteiger charge is -2.07. The minimum Gasteiger partial charge on any atom is -0.348 e. The summed E-state index contributed by atoms with van der Waals surface area (Å²) in [7, 11) is 0. The van der Waals surface area contributed by atoms with Crippen LogP contribution in [-0.2, 0) is 6.54 Å². The number of hydrogen-bond donors (Lipinski definition) is 3. The summed E-state index contributed by atoms with van der Waals surface area (Å²) in [5.41, 5.74) is 3.16. The summed E-state index contributed by atoms with van der Waals surface area (Å²) < 4.78 is 1.51. The Balaban J connectivity index is 1.83. The molecule has 10 heteroatoms. The van der Waals surface area contributed by atoms with Gasteiger partial charge in [0.15, 0.2) is 0 Å². The maximum atomic E-state index is 5.37. The Bertz CT molecular complexity index is 696. The lowest BCUT2D eigenvalue weighted by atomic mass is 10.4. The first-order valence-corrected chi connectivity index (χ1v) is 6.08. The average Bonchev–Trinajstić information content (AvgIpc) is 3.08. The van der Waals surface area contributed by atoms with E-state index in [4.69, 9.17) is 5.84 Å². The summed E-state index contributed by atoms with van der Waals surface area (Å²) in [6.07, 6.45) is 4.97. The van der Waals surface area contributed by atoms with Gasteiger partial charge in [0.05, 0.1) is 12.2 Å². The van der Waals surface area contributed by atoms with Gasteiger partial charge in [-0.15, -0.1) is 0 Å². The number of anilines is 2. The van der Waals surface area contributed by atoms with Gasteiger partial charge in [0, 0.05) is 18.6 Å². The highest BCUT2D eigenvalue weighted by molar-refractivity contribution is 5.37. The predicted octanol–water partition coefficient (Wildman–Crippen LogP) is -0.255. The van der Waals surface area contributed by atoms with Crippen molar-refractivity contribution in [3.05, 3.63) is 42.5 Å². The minimum absolute atomic E-state index is 0.233. The molecule has 0 saturated heterocycles. The van der Waals surface area contributed by atoms with Gasteiger partial charge in [0.1, 0.15) is 0 Å². The number of nitrogens with zero attached hydrogens (tertiary/aromatic N) is 7. The molecule has 4 N–H and O–H groups in total. The Kier molecular flexibility index (Phi) is 3.60. The Morgan fingerprint density at radius 2 is 2.00 bits per heavy atom. The highest BCUT2D eigenvalue weighted by Gasteiger charge is 2.08. The average molecular weight is 284 g/mol. The molecule has 0 aliphatic heterocycles. The van der Waals surface area contributed by atoms with Gasteiger partial charge in [-0.3, -0.25) is 5.43 Å². The van der Waals surface area contributed by atoms with E-state index in [1.54, 1.807) is 30.7 Å². The quantitative estimate of drug-likeness (QED) is 0.428. The minimum atomic E-state index is 0.233. The number of rotatable bonds is 5. The number of nitrogens with two attached hydrogens (primary N) is 1. The van der Waals surface area contributed by atoms with Crippen LogP contribution < -0.4 is 16.6 Å². The van der Waals surface area contributed by atoms with Crippen molar-refractivity contribution in [3.63, 3.8) is 0 Å². The molecule has 3 heterocycles. The van der Waals surface area contributed by atoms with Crippen LogP contribution in [0.2, 0.25) is 0 Å². The second kappa shape index (κ2) is 5.88. The van der Waals surface area contributed by atoms with Crippen LogP contribution in [0.15, 0.2) is 36.8 Å². The molecule has 3 rings (SSSR count). The molecule has 3 aromatic heterocycles. The largest absolute Gasteiger partial charge is 0.348 e.